The first kappa shape index (κ1) is 18.0. The lowest BCUT2D eigenvalue weighted by Crippen LogP contribution is -2.35. The minimum Gasteiger partial charge on any atom is -0.460 e. The van der Waals surface area contributed by atoms with Crippen LogP contribution in [0.25, 0.3) is 10.9 Å². The summed E-state index contributed by atoms with van der Waals surface area (Å²) in [6, 6.07) is 6.43. The number of ketones is 2. The minimum absolute atomic E-state index is 0.132. The second kappa shape index (κ2) is 7.29. The predicted octanol–water partition coefficient (Wildman–Crippen LogP) is 4.09. The van der Waals surface area contributed by atoms with Gasteiger partial charge in [0.1, 0.15) is 0 Å². The topological polar surface area (TPSA) is 76.2 Å². The van der Waals surface area contributed by atoms with Gasteiger partial charge in [-0.05, 0) is 61.8 Å². The molecule has 27 heavy (non-hydrogen) atoms. The zero-order valence-corrected chi connectivity index (χ0v) is 15.7. The van der Waals surface area contributed by atoms with Gasteiger partial charge in [0, 0.05) is 10.9 Å². The van der Waals surface area contributed by atoms with E-state index in [0.29, 0.717) is 24.5 Å². The predicted molar refractivity (Wildman–Crippen MR) is 102 cm³/mol. The maximum Gasteiger partial charge on any atom is 0.375 e. The van der Waals surface area contributed by atoms with Crippen molar-refractivity contribution in [2.75, 3.05) is 6.61 Å². The fourth-order valence-electron chi connectivity index (χ4n) is 4.61. The van der Waals surface area contributed by atoms with E-state index >= 15 is 0 Å². The van der Waals surface area contributed by atoms with Gasteiger partial charge in [-0.15, -0.1) is 0 Å². The maximum absolute atomic E-state index is 12.9. The summed E-state index contributed by atoms with van der Waals surface area (Å²) in [5.41, 5.74) is 3.75. The number of aromatic nitrogens is 1. The largest absolute Gasteiger partial charge is 0.460 e. The molecule has 1 heterocycles. The van der Waals surface area contributed by atoms with Crippen LogP contribution in [0.3, 0.4) is 0 Å². The molecule has 1 aromatic carbocycles. The first-order valence-electron chi connectivity index (χ1n) is 9.99. The SMILES string of the molecule is CCOC(=O)C(=O)C1CCc2c([nH]c3ccc(C4CCCCC4)cc23)C1=O. The lowest BCUT2D eigenvalue weighted by molar-refractivity contribution is -0.154. The lowest BCUT2D eigenvalue weighted by atomic mass is 9.81. The standard InChI is InChI=1S/C22H25NO4/c1-2-27-22(26)21(25)16-10-9-15-17-12-14(13-6-4-3-5-7-13)8-11-18(17)23-19(15)20(16)24/h8,11-13,16,23H,2-7,9-10H2,1H3. The molecule has 5 nitrogen and oxygen atoms in total. The number of hydrogen-bond donors (Lipinski definition) is 1. The molecule has 5 heteroatoms. The Morgan fingerprint density at radius 2 is 1.93 bits per heavy atom. The van der Waals surface area contributed by atoms with E-state index in [9.17, 15) is 14.4 Å². The van der Waals surface area contributed by atoms with Crippen LogP contribution >= 0.6 is 0 Å². The number of rotatable bonds is 4. The average Bonchev–Trinajstić information content (AvgIpc) is 3.07. The van der Waals surface area contributed by atoms with E-state index < -0.39 is 17.7 Å². The molecule has 142 valence electrons. The van der Waals surface area contributed by atoms with Crippen molar-refractivity contribution in [3.8, 4) is 0 Å². The van der Waals surface area contributed by atoms with Crippen LogP contribution in [0.15, 0.2) is 18.2 Å². The Morgan fingerprint density at radius 1 is 1.15 bits per heavy atom. The molecule has 2 aliphatic carbocycles. The van der Waals surface area contributed by atoms with Gasteiger partial charge in [-0.1, -0.05) is 25.3 Å². The number of benzene rings is 1. The quantitative estimate of drug-likeness (QED) is 0.502. The van der Waals surface area contributed by atoms with Crippen LogP contribution in [0.2, 0.25) is 0 Å². The molecule has 0 amide bonds. The van der Waals surface area contributed by atoms with E-state index in [4.69, 9.17) is 4.74 Å². The van der Waals surface area contributed by atoms with Gasteiger partial charge >= 0.3 is 5.97 Å². The van der Waals surface area contributed by atoms with Crippen LogP contribution in [0, 0.1) is 5.92 Å². The number of Topliss-reactive ketones (excluding diaryl/α,β-unsaturated/α-hetero) is 2. The highest BCUT2D eigenvalue weighted by atomic mass is 16.5. The highest BCUT2D eigenvalue weighted by Crippen LogP contribution is 2.37. The smallest absolute Gasteiger partial charge is 0.375 e. The number of carbonyl (C=O) groups is 3. The van der Waals surface area contributed by atoms with Crippen LogP contribution in [0.4, 0.5) is 0 Å². The summed E-state index contributed by atoms with van der Waals surface area (Å²) in [5.74, 6) is -2.25. The van der Waals surface area contributed by atoms with E-state index in [1.807, 2.05) is 6.07 Å². The maximum atomic E-state index is 12.9. The highest BCUT2D eigenvalue weighted by molar-refractivity contribution is 6.39. The Morgan fingerprint density at radius 3 is 2.67 bits per heavy atom. The van der Waals surface area contributed by atoms with Gasteiger partial charge in [0.25, 0.3) is 5.78 Å². The minimum atomic E-state index is -0.928. The van der Waals surface area contributed by atoms with Crippen LogP contribution in [0.1, 0.15) is 73.0 Å². The van der Waals surface area contributed by atoms with Crippen LogP contribution in [0.5, 0.6) is 0 Å². The number of ether oxygens (including phenoxy) is 1. The summed E-state index contributed by atoms with van der Waals surface area (Å²) in [5, 5.41) is 1.09. The second-order valence-electron chi connectivity index (χ2n) is 7.66. The Hall–Kier alpha value is -2.43. The van der Waals surface area contributed by atoms with E-state index in [0.717, 1.165) is 16.5 Å². The number of fused-ring (bicyclic) bond motifs is 3. The van der Waals surface area contributed by atoms with Crippen molar-refractivity contribution in [1.29, 1.82) is 0 Å². The molecule has 1 aromatic heterocycles. The molecule has 1 N–H and O–H groups in total. The number of esters is 1. The molecule has 0 aliphatic heterocycles. The number of carbonyl (C=O) groups excluding carboxylic acids is 3. The molecule has 1 fully saturated rings. The second-order valence-corrected chi connectivity index (χ2v) is 7.66. The molecule has 2 aliphatic rings. The summed E-state index contributed by atoms with van der Waals surface area (Å²) < 4.78 is 4.78. The van der Waals surface area contributed by atoms with Crippen molar-refractivity contribution in [3.63, 3.8) is 0 Å². The first-order chi connectivity index (χ1) is 13.1. The first-order valence-corrected chi connectivity index (χ1v) is 9.99. The number of hydrogen-bond acceptors (Lipinski definition) is 4. The van der Waals surface area contributed by atoms with E-state index in [1.54, 1.807) is 6.92 Å². The summed E-state index contributed by atoms with van der Waals surface area (Å²) >= 11 is 0. The molecule has 0 saturated heterocycles. The lowest BCUT2D eigenvalue weighted by Gasteiger charge is -2.22. The highest BCUT2D eigenvalue weighted by Gasteiger charge is 2.38. The van der Waals surface area contributed by atoms with Crippen LogP contribution in [-0.4, -0.2) is 29.1 Å². The summed E-state index contributed by atoms with van der Waals surface area (Å²) in [6.45, 7) is 1.78. The van der Waals surface area contributed by atoms with Crippen molar-refractivity contribution in [1.82, 2.24) is 4.98 Å². The zero-order chi connectivity index (χ0) is 19.0. The van der Waals surface area contributed by atoms with E-state index in [2.05, 4.69) is 17.1 Å². The number of nitrogens with one attached hydrogen (secondary N) is 1. The fraction of sp³-hybridized carbons (Fsp3) is 0.500. The normalized spacial score (nSPS) is 20.5. The number of H-pyrrole nitrogens is 1. The third-order valence-electron chi connectivity index (χ3n) is 6.05. The third-order valence-corrected chi connectivity index (χ3v) is 6.05. The molecule has 0 bridgehead atoms. The molecular formula is C22H25NO4. The molecular weight excluding hydrogens is 342 g/mol. The van der Waals surface area contributed by atoms with Crippen LogP contribution in [-0.2, 0) is 20.7 Å². The van der Waals surface area contributed by atoms with Gasteiger partial charge in [-0.3, -0.25) is 9.59 Å². The summed E-state index contributed by atoms with van der Waals surface area (Å²) in [7, 11) is 0. The van der Waals surface area contributed by atoms with Crippen LogP contribution < -0.4 is 0 Å². The fourth-order valence-corrected chi connectivity index (χ4v) is 4.61. The average molecular weight is 367 g/mol. The number of aryl methyl sites for hydroxylation is 1. The van der Waals surface area contributed by atoms with Gasteiger partial charge in [0.05, 0.1) is 18.2 Å². The van der Waals surface area contributed by atoms with Crippen molar-refractivity contribution < 1.29 is 19.1 Å². The van der Waals surface area contributed by atoms with E-state index in [-0.39, 0.29) is 12.4 Å². The third kappa shape index (κ3) is 3.20. The van der Waals surface area contributed by atoms with E-state index in [1.165, 1.54) is 37.7 Å². The Kier molecular flexibility index (Phi) is 4.85. The molecule has 4 rings (SSSR count). The van der Waals surface area contributed by atoms with Gasteiger partial charge in [0.2, 0.25) is 0 Å². The Balaban J connectivity index is 1.65. The molecule has 1 saturated carbocycles. The Bertz CT molecular complexity index is 904. The molecule has 0 radical (unpaired) electrons. The monoisotopic (exact) mass is 367 g/mol. The van der Waals surface area contributed by atoms with Crippen molar-refractivity contribution in [2.24, 2.45) is 5.92 Å². The van der Waals surface area contributed by atoms with Crippen molar-refractivity contribution in [3.05, 3.63) is 35.0 Å². The summed E-state index contributed by atoms with van der Waals surface area (Å²) in [6.07, 6.45) is 7.33. The summed E-state index contributed by atoms with van der Waals surface area (Å²) in [4.78, 5) is 40.1. The molecule has 1 unspecified atom stereocenters. The van der Waals surface area contributed by atoms with Gasteiger partial charge < -0.3 is 9.72 Å². The molecule has 0 spiro atoms. The number of aromatic amines is 1. The van der Waals surface area contributed by atoms with Gasteiger partial charge in [-0.2, -0.15) is 0 Å². The Labute approximate surface area is 158 Å². The zero-order valence-electron chi connectivity index (χ0n) is 15.7. The van der Waals surface area contributed by atoms with Gasteiger partial charge in [0.15, 0.2) is 5.78 Å². The molecule has 1 atom stereocenters. The van der Waals surface area contributed by atoms with Crippen molar-refractivity contribution in [2.45, 2.75) is 57.8 Å². The van der Waals surface area contributed by atoms with Crippen molar-refractivity contribution >= 4 is 28.4 Å². The van der Waals surface area contributed by atoms with Gasteiger partial charge in [-0.25, -0.2) is 4.79 Å². The molecule has 2 aromatic rings.